The Labute approximate surface area is 96.4 Å². The van der Waals surface area contributed by atoms with E-state index in [0.29, 0.717) is 5.56 Å². The van der Waals surface area contributed by atoms with E-state index in [4.69, 9.17) is 34.8 Å². The summed E-state index contributed by atoms with van der Waals surface area (Å²) < 4.78 is 0. The maximum atomic E-state index is 11.1. The van der Waals surface area contributed by atoms with E-state index in [2.05, 4.69) is 0 Å². The lowest BCUT2D eigenvalue weighted by molar-refractivity contribution is 0.101. The van der Waals surface area contributed by atoms with E-state index in [1.807, 2.05) is 0 Å². The van der Waals surface area contributed by atoms with Gasteiger partial charge in [-0.15, -0.1) is 11.6 Å². The summed E-state index contributed by atoms with van der Waals surface area (Å²) in [6.45, 7) is 1.32. The Kier molecular flexibility index (Phi) is 3.65. The summed E-state index contributed by atoms with van der Waals surface area (Å²) in [5, 5.41) is 9.86. The van der Waals surface area contributed by atoms with E-state index < -0.39 is 0 Å². The molecule has 0 saturated heterocycles. The van der Waals surface area contributed by atoms with Crippen molar-refractivity contribution in [3.8, 4) is 5.75 Å². The van der Waals surface area contributed by atoms with Crippen LogP contribution in [0.15, 0.2) is 6.07 Å². The van der Waals surface area contributed by atoms with Gasteiger partial charge in [-0.05, 0) is 13.0 Å². The number of hydrogen-bond donors (Lipinski definition) is 1. The SMILES string of the molecule is CC(=O)c1cc(Cl)c(CCl)c(Cl)c1O. The third kappa shape index (κ3) is 1.97. The summed E-state index contributed by atoms with van der Waals surface area (Å²) in [4.78, 5) is 11.1. The molecule has 0 aliphatic carbocycles. The minimum absolute atomic E-state index is 0.0395. The van der Waals surface area contributed by atoms with Crippen LogP contribution in [0.3, 0.4) is 0 Å². The summed E-state index contributed by atoms with van der Waals surface area (Å²) in [6.07, 6.45) is 0. The maximum absolute atomic E-state index is 11.1. The number of hydrogen-bond acceptors (Lipinski definition) is 2. The molecule has 0 radical (unpaired) electrons. The van der Waals surface area contributed by atoms with Crippen LogP contribution in [0.2, 0.25) is 10.0 Å². The average Bonchev–Trinajstić information content (AvgIpc) is 2.12. The summed E-state index contributed by atoms with van der Waals surface area (Å²) in [5.41, 5.74) is 0.534. The second kappa shape index (κ2) is 4.39. The molecule has 2 nitrogen and oxygen atoms in total. The number of halogens is 3. The normalized spacial score (nSPS) is 10.3. The summed E-state index contributed by atoms with van der Waals surface area (Å²) in [6, 6.07) is 1.36. The second-order valence-corrected chi connectivity index (χ2v) is 3.79. The van der Waals surface area contributed by atoms with Crippen molar-refractivity contribution in [3.05, 3.63) is 27.2 Å². The van der Waals surface area contributed by atoms with Crippen LogP contribution in [0.4, 0.5) is 0 Å². The first-order valence-corrected chi connectivity index (χ1v) is 5.04. The van der Waals surface area contributed by atoms with E-state index in [1.54, 1.807) is 0 Å². The topological polar surface area (TPSA) is 37.3 Å². The Morgan fingerprint density at radius 2 is 2.07 bits per heavy atom. The molecular formula is C9H7Cl3O2. The van der Waals surface area contributed by atoms with Gasteiger partial charge in [0.25, 0.3) is 0 Å². The molecule has 1 rings (SSSR count). The molecule has 0 aliphatic rings. The highest BCUT2D eigenvalue weighted by Crippen LogP contribution is 2.37. The van der Waals surface area contributed by atoms with Crippen LogP contribution in [0.25, 0.3) is 0 Å². The predicted octanol–water partition coefficient (Wildman–Crippen LogP) is 3.64. The lowest BCUT2D eigenvalue weighted by atomic mass is 10.1. The highest BCUT2D eigenvalue weighted by Gasteiger charge is 2.16. The van der Waals surface area contributed by atoms with Gasteiger partial charge in [-0.1, -0.05) is 23.2 Å². The molecule has 1 aromatic rings. The van der Waals surface area contributed by atoms with Crippen molar-refractivity contribution in [2.45, 2.75) is 12.8 Å². The second-order valence-electron chi connectivity index (χ2n) is 2.74. The van der Waals surface area contributed by atoms with E-state index in [1.165, 1.54) is 13.0 Å². The Bertz CT molecular complexity index is 388. The fourth-order valence-electron chi connectivity index (χ4n) is 1.04. The number of rotatable bonds is 2. The van der Waals surface area contributed by atoms with Crippen LogP contribution in [0.1, 0.15) is 22.8 Å². The van der Waals surface area contributed by atoms with Crippen LogP contribution in [-0.2, 0) is 5.88 Å². The molecule has 0 aromatic heterocycles. The van der Waals surface area contributed by atoms with Crippen molar-refractivity contribution in [2.75, 3.05) is 0 Å². The molecule has 76 valence electrons. The van der Waals surface area contributed by atoms with Crippen LogP contribution in [-0.4, -0.2) is 10.9 Å². The smallest absolute Gasteiger partial charge is 0.163 e. The lowest BCUT2D eigenvalue weighted by Crippen LogP contribution is -1.96. The molecule has 1 aromatic carbocycles. The van der Waals surface area contributed by atoms with Crippen molar-refractivity contribution < 1.29 is 9.90 Å². The van der Waals surface area contributed by atoms with Crippen LogP contribution >= 0.6 is 34.8 Å². The molecular weight excluding hydrogens is 246 g/mol. The first-order valence-electron chi connectivity index (χ1n) is 3.75. The van der Waals surface area contributed by atoms with Gasteiger partial charge >= 0.3 is 0 Å². The van der Waals surface area contributed by atoms with Crippen molar-refractivity contribution in [3.63, 3.8) is 0 Å². The molecule has 0 amide bonds. The number of benzene rings is 1. The first kappa shape index (κ1) is 11.6. The summed E-state index contributed by atoms with van der Waals surface area (Å²) in [5.74, 6) is -0.477. The van der Waals surface area contributed by atoms with E-state index in [9.17, 15) is 9.90 Å². The number of aromatic hydroxyl groups is 1. The van der Waals surface area contributed by atoms with Crippen LogP contribution < -0.4 is 0 Å². The van der Waals surface area contributed by atoms with Gasteiger partial charge in [-0.3, -0.25) is 4.79 Å². The van der Waals surface area contributed by atoms with Crippen molar-refractivity contribution in [1.29, 1.82) is 0 Å². The molecule has 0 bridgehead atoms. The Morgan fingerprint density at radius 1 is 1.50 bits per heavy atom. The quantitative estimate of drug-likeness (QED) is 0.645. The van der Waals surface area contributed by atoms with Crippen molar-refractivity contribution in [2.24, 2.45) is 0 Å². The molecule has 0 unspecified atom stereocenters. The number of ketones is 1. The van der Waals surface area contributed by atoms with Crippen molar-refractivity contribution >= 4 is 40.6 Å². The van der Waals surface area contributed by atoms with Crippen molar-refractivity contribution in [1.82, 2.24) is 0 Å². The third-order valence-corrected chi connectivity index (χ3v) is 2.81. The largest absolute Gasteiger partial charge is 0.506 e. The summed E-state index contributed by atoms with van der Waals surface area (Å²) in [7, 11) is 0. The fraction of sp³-hybridized carbons (Fsp3) is 0.222. The van der Waals surface area contributed by atoms with Gasteiger partial charge in [0, 0.05) is 10.6 Å². The Balaban J connectivity index is 3.47. The maximum Gasteiger partial charge on any atom is 0.163 e. The molecule has 14 heavy (non-hydrogen) atoms. The van der Waals surface area contributed by atoms with Gasteiger partial charge in [0.05, 0.1) is 16.5 Å². The van der Waals surface area contributed by atoms with Gasteiger partial charge in [0.2, 0.25) is 0 Å². The number of phenolic OH excluding ortho intramolecular Hbond substituents is 1. The highest BCUT2D eigenvalue weighted by molar-refractivity contribution is 6.38. The fourth-order valence-corrected chi connectivity index (χ4v) is 2.04. The Hall–Kier alpha value is -0.440. The molecule has 5 heteroatoms. The molecule has 0 aliphatic heterocycles. The minimum Gasteiger partial charge on any atom is -0.506 e. The van der Waals surface area contributed by atoms with E-state index in [0.717, 1.165) is 0 Å². The minimum atomic E-state index is -0.299. The molecule has 1 N–H and O–H groups in total. The van der Waals surface area contributed by atoms with E-state index in [-0.39, 0.29) is 33.0 Å². The number of carbonyl (C=O) groups is 1. The zero-order chi connectivity index (χ0) is 10.9. The zero-order valence-electron chi connectivity index (χ0n) is 7.27. The number of phenols is 1. The molecule has 0 spiro atoms. The number of carbonyl (C=O) groups excluding carboxylic acids is 1. The standard InChI is InChI=1S/C9H7Cl3O2/c1-4(13)5-2-7(11)6(3-10)8(12)9(5)14/h2,14H,3H2,1H3. The van der Waals surface area contributed by atoms with Gasteiger partial charge in [-0.2, -0.15) is 0 Å². The average molecular weight is 254 g/mol. The molecule has 0 heterocycles. The number of alkyl halides is 1. The van der Waals surface area contributed by atoms with Gasteiger partial charge in [0.15, 0.2) is 5.78 Å². The summed E-state index contributed by atoms with van der Waals surface area (Å²) >= 11 is 17.2. The first-order chi connectivity index (χ1) is 6.49. The van der Waals surface area contributed by atoms with Gasteiger partial charge < -0.3 is 5.11 Å². The number of Topliss-reactive ketones (excluding diaryl/α,β-unsaturated/α-hetero) is 1. The van der Waals surface area contributed by atoms with Crippen LogP contribution in [0, 0.1) is 0 Å². The Morgan fingerprint density at radius 3 is 2.50 bits per heavy atom. The zero-order valence-corrected chi connectivity index (χ0v) is 9.54. The van der Waals surface area contributed by atoms with Gasteiger partial charge in [0.1, 0.15) is 5.75 Å². The predicted molar refractivity (Wildman–Crippen MR) is 57.7 cm³/mol. The third-order valence-electron chi connectivity index (χ3n) is 1.80. The molecule has 0 fully saturated rings. The monoisotopic (exact) mass is 252 g/mol. The van der Waals surface area contributed by atoms with Gasteiger partial charge in [-0.25, -0.2) is 0 Å². The molecule has 0 atom stereocenters. The lowest BCUT2D eigenvalue weighted by Gasteiger charge is -2.08. The molecule has 0 saturated carbocycles. The highest BCUT2D eigenvalue weighted by atomic mass is 35.5. The van der Waals surface area contributed by atoms with E-state index >= 15 is 0 Å². The van der Waals surface area contributed by atoms with Crippen LogP contribution in [0.5, 0.6) is 5.75 Å².